The maximum atomic E-state index is 12.7. The van der Waals surface area contributed by atoms with Crippen LogP contribution in [0.4, 0.5) is 0 Å². The maximum Gasteiger partial charge on any atom is 0.262 e. The number of hydrogen-bond acceptors (Lipinski definition) is 3. The van der Waals surface area contributed by atoms with Gasteiger partial charge in [0, 0.05) is 19.3 Å². The van der Waals surface area contributed by atoms with E-state index < -0.39 is 0 Å². The standard InChI is InChI=1S/C15H18N2O2S/c1-10(11-6-8-19-9-7-11)17-14(18)12-4-2-3-5-13(12)16-15(17)20/h2-5,10-11H,6-9H2,1H3,(H,16,20). The van der Waals surface area contributed by atoms with E-state index in [-0.39, 0.29) is 11.6 Å². The number of ether oxygens (including phenoxy) is 1. The molecule has 1 N–H and O–H groups in total. The fourth-order valence-electron chi connectivity index (χ4n) is 2.95. The zero-order valence-electron chi connectivity index (χ0n) is 11.5. The summed E-state index contributed by atoms with van der Waals surface area (Å²) in [4.78, 5) is 15.8. The molecule has 1 atom stereocenters. The van der Waals surface area contributed by atoms with E-state index in [9.17, 15) is 4.79 Å². The zero-order valence-corrected chi connectivity index (χ0v) is 12.3. The number of nitrogens with one attached hydrogen (secondary N) is 1. The molecule has 1 fully saturated rings. The lowest BCUT2D eigenvalue weighted by atomic mass is 9.93. The highest BCUT2D eigenvalue weighted by molar-refractivity contribution is 7.71. The second-order valence-electron chi connectivity index (χ2n) is 5.34. The number of fused-ring (bicyclic) bond motifs is 1. The first-order valence-electron chi connectivity index (χ1n) is 7.00. The Balaban J connectivity index is 2.11. The monoisotopic (exact) mass is 290 g/mol. The number of benzene rings is 1. The summed E-state index contributed by atoms with van der Waals surface area (Å²) in [6.07, 6.45) is 1.96. The van der Waals surface area contributed by atoms with Crippen LogP contribution >= 0.6 is 12.2 Å². The van der Waals surface area contributed by atoms with Crippen LogP contribution in [0.2, 0.25) is 0 Å². The lowest BCUT2D eigenvalue weighted by molar-refractivity contribution is 0.0506. The molecule has 5 heteroatoms. The Morgan fingerprint density at radius 1 is 1.35 bits per heavy atom. The van der Waals surface area contributed by atoms with Crippen LogP contribution in [0.1, 0.15) is 25.8 Å². The summed E-state index contributed by atoms with van der Waals surface area (Å²) in [5.74, 6) is 0.442. The molecule has 1 aliphatic heterocycles. The van der Waals surface area contributed by atoms with E-state index in [1.54, 1.807) is 4.57 Å². The Labute approximate surface area is 122 Å². The largest absolute Gasteiger partial charge is 0.381 e. The highest BCUT2D eigenvalue weighted by Crippen LogP contribution is 2.26. The van der Waals surface area contributed by atoms with E-state index in [0.717, 1.165) is 31.6 Å². The summed E-state index contributed by atoms with van der Waals surface area (Å²) in [6.45, 7) is 3.62. The third kappa shape index (κ3) is 2.31. The summed E-state index contributed by atoms with van der Waals surface area (Å²) in [5, 5.41) is 0.694. The molecule has 0 spiro atoms. The maximum absolute atomic E-state index is 12.7. The van der Waals surface area contributed by atoms with Gasteiger partial charge in [-0.05, 0) is 50.0 Å². The van der Waals surface area contributed by atoms with Crippen molar-refractivity contribution >= 4 is 23.1 Å². The number of nitrogens with zero attached hydrogens (tertiary/aromatic N) is 1. The molecule has 0 amide bonds. The third-order valence-electron chi connectivity index (χ3n) is 4.19. The first kappa shape index (κ1) is 13.5. The van der Waals surface area contributed by atoms with Crippen LogP contribution in [0.25, 0.3) is 10.9 Å². The average molecular weight is 290 g/mol. The van der Waals surface area contributed by atoms with Crippen molar-refractivity contribution in [3.8, 4) is 0 Å². The Bertz CT molecular complexity index is 728. The molecule has 106 valence electrons. The molecule has 0 bridgehead atoms. The molecule has 0 aliphatic carbocycles. The summed E-state index contributed by atoms with van der Waals surface area (Å²) >= 11 is 5.39. The van der Waals surface area contributed by atoms with Crippen molar-refractivity contribution in [2.24, 2.45) is 5.92 Å². The average Bonchev–Trinajstić information content (AvgIpc) is 2.48. The van der Waals surface area contributed by atoms with Crippen LogP contribution in [0.3, 0.4) is 0 Å². The van der Waals surface area contributed by atoms with Crippen LogP contribution in [0.5, 0.6) is 0 Å². The Hall–Kier alpha value is -1.46. The highest BCUT2D eigenvalue weighted by Gasteiger charge is 2.23. The first-order chi connectivity index (χ1) is 9.68. The summed E-state index contributed by atoms with van der Waals surface area (Å²) < 4.78 is 7.63. The Morgan fingerprint density at radius 2 is 2.05 bits per heavy atom. The zero-order chi connectivity index (χ0) is 14.1. The Kier molecular flexibility index (Phi) is 3.72. The lowest BCUT2D eigenvalue weighted by Crippen LogP contribution is -2.32. The van der Waals surface area contributed by atoms with Crippen LogP contribution in [-0.4, -0.2) is 22.8 Å². The van der Waals surface area contributed by atoms with Crippen LogP contribution < -0.4 is 5.56 Å². The van der Waals surface area contributed by atoms with Gasteiger partial charge in [-0.3, -0.25) is 9.36 Å². The van der Waals surface area contributed by atoms with E-state index in [1.807, 2.05) is 24.3 Å². The smallest absolute Gasteiger partial charge is 0.262 e. The van der Waals surface area contributed by atoms with Crippen molar-refractivity contribution in [3.63, 3.8) is 0 Å². The fourth-order valence-corrected chi connectivity index (χ4v) is 3.31. The van der Waals surface area contributed by atoms with Crippen LogP contribution in [0.15, 0.2) is 29.1 Å². The minimum atomic E-state index is 0.00309. The molecule has 1 saturated heterocycles. The van der Waals surface area contributed by atoms with Crippen molar-refractivity contribution < 1.29 is 4.74 Å². The summed E-state index contributed by atoms with van der Waals surface area (Å²) in [7, 11) is 0. The molecule has 0 radical (unpaired) electrons. The molecule has 3 rings (SSSR count). The molecule has 2 aromatic rings. The van der Waals surface area contributed by atoms with E-state index in [1.165, 1.54) is 0 Å². The molecule has 1 aromatic carbocycles. The molecule has 1 aliphatic rings. The topological polar surface area (TPSA) is 47.0 Å². The molecule has 4 nitrogen and oxygen atoms in total. The molecule has 0 saturated carbocycles. The van der Waals surface area contributed by atoms with Gasteiger partial charge >= 0.3 is 0 Å². The van der Waals surface area contributed by atoms with Crippen molar-refractivity contribution in [2.45, 2.75) is 25.8 Å². The molecular weight excluding hydrogens is 272 g/mol. The minimum Gasteiger partial charge on any atom is -0.381 e. The van der Waals surface area contributed by atoms with Crippen LogP contribution in [0, 0.1) is 10.7 Å². The first-order valence-corrected chi connectivity index (χ1v) is 7.40. The van der Waals surface area contributed by atoms with E-state index >= 15 is 0 Å². The highest BCUT2D eigenvalue weighted by atomic mass is 32.1. The van der Waals surface area contributed by atoms with Gasteiger partial charge in [-0.2, -0.15) is 0 Å². The molecule has 2 heterocycles. The fraction of sp³-hybridized carbons (Fsp3) is 0.467. The van der Waals surface area contributed by atoms with Crippen molar-refractivity contribution in [1.82, 2.24) is 9.55 Å². The predicted molar refractivity (Wildman–Crippen MR) is 81.6 cm³/mol. The lowest BCUT2D eigenvalue weighted by Gasteiger charge is -2.29. The summed E-state index contributed by atoms with van der Waals surface area (Å²) in [5.41, 5.74) is 0.807. The number of hydrogen-bond donors (Lipinski definition) is 1. The van der Waals surface area contributed by atoms with Gasteiger partial charge in [0.2, 0.25) is 0 Å². The van der Waals surface area contributed by atoms with Gasteiger partial charge in [-0.1, -0.05) is 12.1 Å². The molecular formula is C15H18N2O2S. The number of rotatable bonds is 2. The second kappa shape index (κ2) is 5.50. The quantitative estimate of drug-likeness (QED) is 0.865. The number of aromatic amines is 1. The van der Waals surface area contributed by atoms with Crippen molar-refractivity contribution in [3.05, 3.63) is 39.4 Å². The normalized spacial score (nSPS) is 18.2. The second-order valence-corrected chi connectivity index (χ2v) is 5.73. The van der Waals surface area contributed by atoms with Gasteiger partial charge in [0.1, 0.15) is 0 Å². The van der Waals surface area contributed by atoms with Gasteiger partial charge in [0.05, 0.1) is 10.9 Å². The SMILES string of the molecule is CC(C1CCOCC1)n1c(=S)[nH]c2ccccc2c1=O. The Morgan fingerprint density at radius 3 is 2.80 bits per heavy atom. The number of aromatic nitrogens is 2. The predicted octanol–water partition coefficient (Wildman–Crippen LogP) is 3.05. The minimum absolute atomic E-state index is 0.00309. The van der Waals surface area contributed by atoms with Crippen molar-refractivity contribution in [1.29, 1.82) is 0 Å². The van der Waals surface area contributed by atoms with Gasteiger partial charge in [-0.15, -0.1) is 0 Å². The molecule has 20 heavy (non-hydrogen) atoms. The van der Waals surface area contributed by atoms with Gasteiger partial charge in [0.15, 0.2) is 4.77 Å². The molecule has 1 unspecified atom stereocenters. The number of H-pyrrole nitrogens is 1. The van der Waals surface area contributed by atoms with Gasteiger partial charge in [-0.25, -0.2) is 0 Å². The number of para-hydroxylation sites is 1. The van der Waals surface area contributed by atoms with Crippen molar-refractivity contribution in [2.75, 3.05) is 13.2 Å². The van der Waals surface area contributed by atoms with Gasteiger partial charge in [0.25, 0.3) is 5.56 Å². The van der Waals surface area contributed by atoms with E-state index in [0.29, 0.717) is 16.1 Å². The summed E-state index contributed by atoms with van der Waals surface area (Å²) in [6, 6.07) is 7.61. The molecule has 1 aromatic heterocycles. The third-order valence-corrected chi connectivity index (χ3v) is 4.49. The van der Waals surface area contributed by atoms with Crippen LogP contribution in [-0.2, 0) is 4.74 Å². The van der Waals surface area contributed by atoms with Gasteiger partial charge < -0.3 is 9.72 Å². The van der Waals surface area contributed by atoms with E-state index in [2.05, 4.69) is 11.9 Å². The van der Waals surface area contributed by atoms with E-state index in [4.69, 9.17) is 17.0 Å².